The number of carboxylic acids is 1. The Hall–Kier alpha value is -1.62. The average molecular weight is 545 g/mol. The molecule has 0 unspecified atom stereocenters. The van der Waals surface area contributed by atoms with Gasteiger partial charge in [0.2, 0.25) is 0 Å². The summed E-state index contributed by atoms with van der Waals surface area (Å²) in [7, 11) is 0. The number of halogens is 1. The average Bonchev–Trinajstić information content (AvgIpc) is 2.72. The van der Waals surface area contributed by atoms with E-state index in [1.54, 1.807) is 0 Å². The van der Waals surface area contributed by atoms with Crippen molar-refractivity contribution in [1.29, 1.82) is 0 Å². The van der Waals surface area contributed by atoms with E-state index in [2.05, 4.69) is 84.0 Å². The Morgan fingerprint density at radius 1 is 0.875 bits per heavy atom. The summed E-state index contributed by atoms with van der Waals surface area (Å²) in [5, 5.41) is 10.8. The second kappa shape index (κ2) is 10.1. The fourth-order valence-corrected chi connectivity index (χ4v) is 7.03. The third kappa shape index (κ3) is 6.69. The van der Waals surface area contributed by atoms with Crippen molar-refractivity contribution in [3.63, 3.8) is 0 Å². The second-order valence-electron chi connectivity index (χ2n) is 11.1. The third-order valence-corrected chi connectivity index (χ3v) is 9.40. The number of carbonyl (C=O) groups is 1. The molecule has 1 fully saturated rings. The minimum atomic E-state index is -1.09. The molecule has 0 amide bonds. The van der Waals surface area contributed by atoms with Gasteiger partial charge in [0.1, 0.15) is 0 Å². The van der Waals surface area contributed by atoms with Crippen molar-refractivity contribution in [1.82, 2.24) is 0 Å². The standard InChI is InChI=1S/C29H37IO2/c1-28(2,3)22-12-15-24(16-13-22)30-26-17-14-23(29(4,5)6)19-25(26)21-10-7-20(8-11-21)9-18-27(31)32/h9,12-21H,7-8,10-11H2,1-6H3/b18-9+. The van der Waals surface area contributed by atoms with Gasteiger partial charge in [0, 0.05) is 5.56 Å². The van der Waals surface area contributed by atoms with Gasteiger partial charge in [-0.05, 0) is 83.8 Å². The lowest BCUT2D eigenvalue weighted by atomic mass is 9.77. The highest BCUT2D eigenvalue weighted by atomic mass is 127. The molecule has 0 saturated heterocycles. The second-order valence-corrected chi connectivity index (χ2v) is 14.1. The molecule has 2 aromatic rings. The minimum Gasteiger partial charge on any atom is -0.545 e. The predicted octanol–water partition coefficient (Wildman–Crippen LogP) is 2.99. The molecule has 2 nitrogen and oxygen atoms in total. The largest absolute Gasteiger partial charge is 0.545 e. The van der Waals surface area contributed by atoms with E-state index in [0.29, 0.717) is 11.8 Å². The van der Waals surface area contributed by atoms with Crippen LogP contribution >= 0.6 is 0 Å². The van der Waals surface area contributed by atoms with Crippen molar-refractivity contribution in [2.45, 2.75) is 84.0 Å². The molecule has 0 spiro atoms. The van der Waals surface area contributed by atoms with Crippen LogP contribution in [0.1, 0.15) is 89.8 Å². The lowest BCUT2D eigenvalue weighted by Gasteiger charge is -2.28. The molecule has 3 heteroatoms. The summed E-state index contributed by atoms with van der Waals surface area (Å²) < 4.78 is 3.00. The molecule has 1 aliphatic carbocycles. The smallest absolute Gasteiger partial charge is 0.358 e. The van der Waals surface area contributed by atoms with E-state index in [1.165, 1.54) is 29.9 Å². The maximum atomic E-state index is 10.8. The van der Waals surface area contributed by atoms with E-state index in [4.69, 9.17) is 0 Å². The fourth-order valence-electron chi connectivity index (χ4n) is 4.38. The first-order chi connectivity index (χ1) is 14.9. The number of aliphatic carboxylic acids is 1. The van der Waals surface area contributed by atoms with Crippen molar-refractivity contribution in [3.05, 3.63) is 78.4 Å². The van der Waals surface area contributed by atoms with Crippen molar-refractivity contribution < 1.29 is 31.1 Å². The fraction of sp³-hybridized carbons (Fsp3) is 0.483. The number of carboxylic acid groups (broad SMARTS) is 1. The van der Waals surface area contributed by atoms with Gasteiger partial charge < -0.3 is 9.90 Å². The highest BCUT2D eigenvalue weighted by Gasteiger charge is 2.30. The lowest BCUT2D eigenvalue weighted by molar-refractivity contribution is -0.598. The number of allylic oxidation sites excluding steroid dienone is 1. The highest BCUT2D eigenvalue weighted by Crippen LogP contribution is 2.37. The van der Waals surface area contributed by atoms with Gasteiger partial charge in [-0.15, -0.1) is 0 Å². The van der Waals surface area contributed by atoms with E-state index in [0.717, 1.165) is 25.7 Å². The summed E-state index contributed by atoms with van der Waals surface area (Å²) >= 11 is -0.246. The predicted molar refractivity (Wildman–Crippen MR) is 127 cm³/mol. The third-order valence-electron chi connectivity index (χ3n) is 6.50. The zero-order valence-electron chi connectivity index (χ0n) is 20.4. The molecule has 0 bridgehead atoms. The van der Waals surface area contributed by atoms with Gasteiger partial charge in [0.15, 0.2) is 7.14 Å². The van der Waals surface area contributed by atoms with E-state index in [9.17, 15) is 9.90 Å². The summed E-state index contributed by atoms with van der Waals surface area (Å²) in [5.41, 5.74) is 4.64. The molecule has 1 aliphatic rings. The normalized spacial score (nSPS) is 19.9. The quantitative estimate of drug-likeness (QED) is 0.429. The molecule has 0 radical (unpaired) electrons. The van der Waals surface area contributed by atoms with Crippen LogP contribution in [0.4, 0.5) is 0 Å². The zero-order valence-corrected chi connectivity index (χ0v) is 22.5. The molecule has 0 aliphatic heterocycles. The number of hydrogen-bond acceptors (Lipinski definition) is 2. The summed E-state index contributed by atoms with van der Waals surface area (Å²) in [5.74, 6) is -0.166. The maximum Gasteiger partial charge on any atom is 0.358 e. The molecule has 32 heavy (non-hydrogen) atoms. The Bertz CT molecular complexity index is 950. The Morgan fingerprint density at radius 3 is 1.97 bits per heavy atom. The van der Waals surface area contributed by atoms with Crippen LogP contribution in [0, 0.1) is 13.1 Å². The van der Waals surface area contributed by atoms with Crippen LogP contribution in [0.5, 0.6) is 0 Å². The number of carbonyl (C=O) groups excluding carboxylic acids is 1. The monoisotopic (exact) mass is 544 g/mol. The summed E-state index contributed by atoms with van der Waals surface area (Å²) in [6, 6.07) is 16.5. The maximum absolute atomic E-state index is 10.8. The van der Waals surface area contributed by atoms with Gasteiger partial charge in [-0.25, -0.2) is 0 Å². The summed E-state index contributed by atoms with van der Waals surface area (Å²) in [6.07, 6.45) is 7.38. The number of benzene rings is 2. The van der Waals surface area contributed by atoms with Crippen LogP contribution in [0.3, 0.4) is 0 Å². The topological polar surface area (TPSA) is 40.1 Å². The molecule has 1 saturated carbocycles. The zero-order chi connectivity index (χ0) is 23.5. The van der Waals surface area contributed by atoms with E-state index >= 15 is 0 Å². The van der Waals surface area contributed by atoms with Crippen molar-refractivity contribution in [3.8, 4) is 0 Å². The Labute approximate surface area is 204 Å². The molecule has 2 aromatic carbocycles. The SMILES string of the molecule is CC(C)(C)c1ccc([I+]c2ccc(C(C)(C)C)cc2C2CCC(/C=C/C(=O)[O-])CC2)cc1. The van der Waals surface area contributed by atoms with Crippen LogP contribution in [0.25, 0.3) is 0 Å². The van der Waals surface area contributed by atoms with E-state index in [-0.39, 0.29) is 32.0 Å². The van der Waals surface area contributed by atoms with E-state index in [1.807, 2.05) is 6.08 Å². The molecular weight excluding hydrogens is 507 g/mol. The van der Waals surface area contributed by atoms with Crippen LogP contribution in [0.2, 0.25) is 0 Å². The van der Waals surface area contributed by atoms with Crippen LogP contribution < -0.4 is 26.3 Å². The van der Waals surface area contributed by atoms with Crippen LogP contribution in [0.15, 0.2) is 54.6 Å². The molecular formula is C29H37IO2. The van der Waals surface area contributed by atoms with Crippen molar-refractivity contribution >= 4 is 5.97 Å². The van der Waals surface area contributed by atoms with Crippen LogP contribution in [-0.4, -0.2) is 5.97 Å². The Balaban J connectivity index is 1.85. The molecule has 0 heterocycles. The summed E-state index contributed by atoms with van der Waals surface area (Å²) in [6.45, 7) is 13.6. The van der Waals surface area contributed by atoms with Gasteiger partial charge >= 0.3 is 21.2 Å². The number of hydrogen-bond donors (Lipinski definition) is 0. The highest BCUT2D eigenvalue weighted by molar-refractivity contribution is 5.77. The van der Waals surface area contributed by atoms with Crippen molar-refractivity contribution in [2.24, 2.45) is 5.92 Å². The van der Waals surface area contributed by atoms with E-state index < -0.39 is 5.97 Å². The molecule has 172 valence electrons. The van der Waals surface area contributed by atoms with Gasteiger partial charge in [0.05, 0.1) is 5.97 Å². The van der Waals surface area contributed by atoms with Crippen LogP contribution in [-0.2, 0) is 15.6 Å². The van der Waals surface area contributed by atoms with Crippen molar-refractivity contribution in [2.75, 3.05) is 0 Å². The number of rotatable bonds is 5. The van der Waals surface area contributed by atoms with Gasteiger partial charge in [-0.2, -0.15) is 0 Å². The first kappa shape index (κ1) is 25.0. The molecule has 3 rings (SSSR count). The Morgan fingerprint density at radius 2 is 1.44 bits per heavy atom. The molecule has 0 aromatic heterocycles. The first-order valence-electron chi connectivity index (χ1n) is 11.7. The summed E-state index contributed by atoms with van der Waals surface area (Å²) in [4.78, 5) is 10.8. The van der Waals surface area contributed by atoms with Gasteiger partial charge in [0.25, 0.3) is 0 Å². The lowest BCUT2D eigenvalue weighted by Crippen LogP contribution is -3.61. The minimum absolute atomic E-state index is 0.133. The Kier molecular flexibility index (Phi) is 7.90. The molecule has 0 N–H and O–H groups in total. The first-order valence-corrected chi connectivity index (χ1v) is 13.9. The van der Waals surface area contributed by atoms with Gasteiger partial charge in [-0.3, -0.25) is 0 Å². The molecule has 0 atom stereocenters. The van der Waals surface area contributed by atoms with Gasteiger partial charge in [-0.1, -0.05) is 71.9 Å².